The number of carbonyl (C=O) groups is 3. The zero-order valence-electron chi connectivity index (χ0n) is 21.5. The minimum atomic E-state index is -0.338. The number of rotatable bonds is 3. The van der Waals surface area contributed by atoms with Gasteiger partial charge in [0.2, 0.25) is 17.7 Å². The van der Waals surface area contributed by atoms with E-state index in [2.05, 4.69) is 5.32 Å². The van der Waals surface area contributed by atoms with E-state index in [0.717, 1.165) is 25.7 Å². The van der Waals surface area contributed by atoms with Crippen LogP contribution in [0, 0.1) is 5.92 Å². The Morgan fingerprint density at radius 2 is 1.71 bits per heavy atom. The molecule has 3 amide bonds. The van der Waals surface area contributed by atoms with Gasteiger partial charge in [-0.15, -0.1) is 0 Å². The Morgan fingerprint density at radius 3 is 2.47 bits per heavy atom. The highest BCUT2D eigenvalue weighted by Crippen LogP contribution is 2.36. The summed E-state index contributed by atoms with van der Waals surface area (Å²) in [5.41, 5.74) is 5.84. The molecule has 10 heteroatoms. The molecule has 0 unspecified atom stereocenters. The molecule has 0 bridgehead atoms. The van der Waals surface area contributed by atoms with Gasteiger partial charge in [0.1, 0.15) is 0 Å². The van der Waals surface area contributed by atoms with Crippen LogP contribution in [0.5, 0.6) is 17.2 Å². The average Bonchev–Trinajstić information content (AvgIpc) is 2.89. The van der Waals surface area contributed by atoms with E-state index in [4.69, 9.17) is 26.8 Å². The van der Waals surface area contributed by atoms with Crippen molar-refractivity contribution in [2.75, 3.05) is 44.6 Å². The summed E-state index contributed by atoms with van der Waals surface area (Å²) in [6.45, 7) is 2.41. The van der Waals surface area contributed by atoms with E-state index >= 15 is 0 Å². The lowest BCUT2D eigenvalue weighted by atomic mass is 9.96. The third-order valence-corrected chi connectivity index (χ3v) is 7.14. The maximum absolute atomic E-state index is 13.3. The first kappa shape index (κ1) is 27.7. The van der Waals surface area contributed by atoms with Gasteiger partial charge in [0.25, 0.3) is 0 Å². The molecule has 38 heavy (non-hydrogen) atoms. The monoisotopic (exact) mass is 542 g/mol. The molecule has 1 fully saturated rings. The second-order valence-corrected chi connectivity index (χ2v) is 10.2. The van der Waals surface area contributed by atoms with Gasteiger partial charge in [-0.25, -0.2) is 0 Å². The number of hydrogen-bond donors (Lipinski definition) is 2. The highest BCUT2D eigenvalue weighted by molar-refractivity contribution is 6.31. The summed E-state index contributed by atoms with van der Waals surface area (Å²) in [5.74, 6) is 0.708. The van der Waals surface area contributed by atoms with Gasteiger partial charge in [-0.2, -0.15) is 0 Å². The van der Waals surface area contributed by atoms with E-state index in [-0.39, 0.29) is 36.7 Å². The first-order valence-electron chi connectivity index (χ1n) is 13.2. The number of amides is 3. The van der Waals surface area contributed by atoms with Crippen molar-refractivity contribution in [2.24, 2.45) is 11.7 Å². The zero-order chi connectivity index (χ0) is 26.9. The molecule has 204 valence electrons. The predicted octanol–water partition coefficient (Wildman–Crippen LogP) is 4.05. The molecule has 0 radical (unpaired) electrons. The van der Waals surface area contributed by atoms with Crippen LogP contribution in [-0.4, -0.2) is 66.9 Å². The molecule has 2 aromatic carbocycles. The number of likely N-dealkylation sites (tertiary alicyclic amines) is 1. The summed E-state index contributed by atoms with van der Waals surface area (Å²) in [4.78, 5) is 41.5. The molecule has 9 nitrogen and oxygen atoms in total. The van der Waals surface area contributed by atoms with Crippen LogP contribution in [0.3, 0.4) is 0 Å². The number of benzene rings is 2. The molecule has 2 aromatic rings. The number of piperidine rings is 1. The highest BCUT2D eigenvalue weighted by Gasteiger charge is 2.26. The van der Waals surface area contributed by atoms with Crippen molar-refractivity contribution < 1.29 is 23.9 Å². The molecule has 0 aliphatic carbocycles. The molecule has 0 atom stereocenters. The smallest absolute Gasteiger partial charge is 0.244 e. The molecule has 3 N–H and O–H groups in total. The largest absolute Gasteiger partial charge is 0.490 e. The van der Waals surface area contributed by atoms with Gasteiger partial charge >= 0.3 is 0 Å². The van der Waals surface area contributed by atoms with Crippen molar-refractivity contribution in [2.45, 2.75) is 38.5 Å². The molecular weight excluding hydrogens is 508 g/mol. The summed E-state index contributed by atoms with van der Waals surface area (Å²) in [6, 6.07) is 12.4. The highest BCUT2D eigenvalue weighted by atomic mass is 35.5. The third-order valence-electron chi connectivity index (χ3n) is 6.90. The first-order valence-corrected chi connectivity index (χ1v) is 13.6. The minimum absolute atomic E-state index is 0.0811. The van der Waals surface area contributed by atoms with Crippen LogP contribution >= 0.6 is 11.6 Å². The van der Waals surface area contributed by atoms with E-state index in [9.17, 15) is 14.4 Å². The van der Waals surface area contributed by atoms with Crippen molar-refractivity contribution in [3.8, 4) is 17.2 Å². The van der Waals surface area contributed by atoms with Crippen LogP contribution in [0.15, 0.2) is 42.5 Å². The van der Waals surface area contributed by atoms with Gasteiger partial charge in [0, 0.05) is 17.5 Å². The number of primary amides is 1. The lowest BCUT2D eigenvalue weighted by Crippen LogP contribution is -2.47. The molecule has 0 spiro atoms. The Balaban J connectivity index is 1.48. The Bertz CT molecular complexity index is 1140. The van der Waals surface area contributed by atoms with Crippen molar-refractivity contribution in [3.05, 3.63) is 47.5 Å². The van der Waals surface area contributed by atoms with Gasteiger partial charge in [-0.3, -0.25) is 19.3 Å². The lowest BCUT2D eigenvalue weighted by molar-refractivity contribution is -0.136. The number of halogens is 1. The fourth-order valence-electron chi connectivity index (χ4n) is 4.72. The second-order valence-electron chi connectivity index (χ2n) is 9.77. The number of anilines is 1. The molecule has 0 saturated carbocycles. The number of nitrogens with zero attached hydrogens (tertiary/aromatic N) is 2. The van der Waals surface area contributed by atoms with Gasteiger partial charge < -0.3 is 25.4 Å². The van der Waals surface area contributed by atoms with Crippen LogP contribution in [-0.2, 0) is 14.4 Å². The van der Waals surface area contributed by atoms with E-state index < -0.39 is 0 Å². The van der Waals surface area contributed by atoms with E-state index in [0.29, 0.717) is 67.0 Å². The number of ether oxygens (including phenoxy) is 2. The molecule has 2 aliphatic heterocycles. The van der Waals surface area contributed by atoms with Crippen molar-refractivity contribution >= 4 is 35.0 Å². The van der Waals surface area contributed by atoms with Crippen molar-refractivity contribution in [1.29, 1.82) is 0 Å². The van der Waals surface area contributed by atoms with Crippen molar-refractivity contribution in [1.82, 2.24) is 9.80 Å². The molecule has 0 aromatic heterocycles. The number of nitrogens with one attached hydrogen (secondary N) is 1. The predicted molar refractivity (Wildman–Crippen MR) is 145 cm³/mol. The summed E-state index contributed by atoms with van der Waals surface area (Å²) < 4.78 is 12.1. The maximum Gasteiger partial charge on any atom is 0.244 e. The number of fused-ring (bicyclic) bond motifs is 2. The van der Waals surface area contributed by atoms with Gasteiger partial charge in [0.15, 0.2) is 17.2 Å². The van der Waals surface area contributed by atoms with Gasteiger partial charge in [-0.1, -0.05) is 36.6 Å². The second kappa shape index (κ2) is 13.5. The van der Waals surface area contributed by atoms with Crippen LogP contribution < -0.4 is 20.5 Å². The SMILES string of the molecule is NC(=O)C1CCN(CC(=O)N2CCCCCCOc3ccccc3Oc3ccc(Cl)cc3NC(=O)C2)CC1. The number of hydrogen-bond acceptors (Lipinski definition) is 6. The van der Waals surface area contributed by atoms with Crippen LogP contribution in [0.2, 0.25) is 5.02 Å². The first-order chi connectivity index (χ1) is 18.4. The summed E-state index contributed by atoms with van der Waals surface area (Å²) in [6.07, 6.45) is 4.79. The summed E-state index contributed by atoms with van der Waals surface area (Å²) in [5, 5.41) is 3.32. The quantitative estimate of drug-likeness (QED) is 0.605. The van der Waals surface area contributed by atoms with Crippen LogP contribution in [0.1, 0.15) is 38.5 Å². The average molecular weight is 543 g/mol. The number of para-hydroxylation sites is 2. The van der Waals surface area contributed by atoms with E-state index in [1.807, 2.05) is 29.2 Å². The fourth-order valence-corrected chi connectivity index (χ4v) is 4.90. The Labute approximate surface area is 228 Å². The standard InChI is InChI=1S/C28H35ClN4O5/c29-21-9-10-23-22(17-21)31-26(34)18-33(27(35)19-32-14-11-20(12-15-32)28(30)36)13-5-1-2-6-16-37-24-7-3-4-8-25(24)38-23/h3-4,7-10,17,20H,1-2,5-6,11-16,18-19H2,(H2,30,36)(H,31,34). The number of carbonyl (C=O) groups excluding carboxylic acids is 3. The Hall–Kier alpha value is -3.30. The Kier molecular flexibility index (Phi) is 9.84. The topological polar surface area (TPSA) is 114 Å². The van der Waals surface area contributed by atoms with Gasteiger partial charge in [-0.05, 0) is 69.1 Å². The lowest BCUT2D eigenvalue weighted by Gasteiger charge is -2.32. The minimum Gasteiger partial charge on any atom is -0.490 e. The van der Waals surface area contributed by atoms with Gasteiger partial charge in [0.05, 0.1) is 25.4 Å². The normalized spacial score (nSPS) is 18.3. The van der Waals surface area contributed by atoms with E-state index in [1.165, 1.54) is 0 Å². The number of nitrogens with two attached hydrogens (primary N) is 1. The van der Waals surface area contributed by atoms with Crippen molar-refractivity contribution in [3.63, 3.8) is 0 Å². The maximum atomic E-state index is 13.3. The summed E-state index contributed by atoms with van der Waals surface area (Å²) in [7, 11) is 0. The zero-order valence-corrected chi connectivity index (χ0v) is 22.3. The molecule has 4 rings (SSSR count). The molecule has 2 heterocycles. The third kappa shape index (κ3) is 7.85. The fraction of sp³-hybridized carbons (Fsp3) is 0.464. The molecular formula is C28H35ClN4O5. The molecule has 2 aliphatic rings. The van der Waals surface area contributed by atoms with Crippen LogP contribution in [0.4, 0.5) is 5.69 Å². The summed E-state index contributed by atoms with van der Waals surface area (Å²) >= 11 is 6.22. The van der Waals surface area contributed by atoms with Crippen LogP contribution in [0.25, 0.3) is 0 Å². The Morgan fingerprint density at radius 1 is 0.974 bits per heavy atom. The van der Waals surface area contributed by atoms with E-state index in [1.54, 1.807) is 23.1 Å². The molecule has 1 saturated heterocycles.